The molecule has 6 nitrogen and oxygen atoms in total. The molecule has 1 aliphatic heterocycles. The topological polar surface area (TPSA) is 90.7 Å². The van der Waals surface area contributed by atoms with Crippen LogP contribution in [0.2, 0.25) is 0 Å². The molecule has 1 fully saturated rings. The lowest BCUT2D eigenvalue weighted by Gasteiger charge is -2.29. The van der Waals surface area contributed by atoms with Crippen LogP contribution in [0.4, 0.5) is 14.9 Å². The van der Waals surface area contributed by atoms with E-state index in [4.69, 9.17) is 10.5 Å². The standard InChI is InChI=1S/C18H28FN3O3S/c1-12(21-26(24)18(2,3)4)15-9-14(19)5-6-16(15)22-8-7-13(10-22)11-25-17(20)23/h5-6,9,12-13,21H,7-8,10-11H2,1-4H3,(H2,20,23)/t12-,13-,26?/m1/s1. The van der Waals surface area contributed by atoms with Crippen molar-refractivity contribution in [3.05, 3.63) is 29.6 Å². The molecule has 0 saturated carbocycles. The lowest BCUT2D eigenvalue weighted by Crippen LogP contribution is -2.41. The van der Waals surface area contributed by atoms with Gasteiger partial charge in [-0.1, -0.05) is 0 Å². The van der Waals surface area contributed by atoms with E-state index in [9.17, 15) is 13.7 Å². The molecule has 1 saturated heterocycles. The van der Waals surface area contributed by atoms with Gasteiger partial charge in [-0.25, -0.2) is 9.18 Å². The Morgan fingerprint density at radius 3 is 2.85 bits per heavy atom. The van der Waals surface area contributed by atoms with Gasteiger partial charge in [0.25, 0.3) is 0 Å². The molecule has 1 unspecified atom stereocenters. The van der Waals surface area contributed by atoms with Crippen LogP contribution in [0.1, 0.15) is 45.7 Å². The second kappa shape index (κ2) is 8.45. The number of hydrogen-bond acceptors (Lipinski definition) is 5. The number of primary amides is 1. The quantitative estimate of drug-likeness (QED) is 0.735. The van der Waals surface area contributed by atoms with E-state index in [-0.39, 0.29) is 24.4 Å². The first-order valence-corrected chi connectivity index (χ1v) is 9.87. The van der Waals surface area contributed by atoms with Crippen molar-refractivity contribution >= 4 is 23.1 Å². The molecule has 1 aromatic carbocycles. The third-order valence-electron chi connectivity index (χ3n) is 4.38. The summed E-state index contributed by atoms with van der Waals surface area (Å²) in [5.74, 6) is -0.140. The highest BCUT2D eigenvalue weighted by atomic mass is 32.2. The van der Waals surface area contributed by atoms with Gasteiger partial charge in [-0.15, -0.1) is 4.72 Å². The van der Waals surface area contributed by atoms with Crippen molar-refractivity contribution in [3.63, 3.8) is 0 Å². The predicted octanol–water partition coefficient (Wildman–Crippen LogP) is 2.86. The van der Waals surface area contributed by atoms with Crippen molar-refractivity contribution in [2.45, 2.75) is 44.9 Å². The van der Waals surface area contributed by atoms with Gasteiger partial charge in [0.2, 0.25) is 0 Å². The van der Waals surface area contributed by atoms with Crippen molar-refractivity contribution in [2.75, 3.05) is 24.6 Å². The number of nitrogens with one attached hydrogen (secondary N) is 1. The molecule has 0 aromatic heterocycles. The zero-order chi connectivity index (χ0) is 19.5. The average Bonchev–Trinajstić information content (AvgIpc) is 3.00. The fourth-order valence-electron chi connectivity index (χ4n) is 2.95. The molecule has 3 atom stereocenters. The highest BCUT2D eigenvalue weighted by Gasteiger charge is 2.31. The molecule has 1 aromatic rings. The van der Waals surface area contributed by atoms with E-state index in [2.05, 4.69) is 9.62 Å². The zero-order valence-corrected chi connectivity index (χ0v) is 16.6. The molecular weight excluding hydrogens is 357 g/mol. The molecule has 1 heterocycles. The number of nitrogens with two attached hydrogens (primary N) is 1. The SMILES string of the molecule is C[C@@H](N[S+]([O-])C(C)(C)C)c1cc(F)ccc1N1CC[C@@H](COC(N)=O)C1. The van der Waals surface area contributed by atoms with Gasteiger partial charge in [-0.2, -0.15) is 0 Å². The van der Waals surface area contributed by atoms with E-state index >= 15 is 0 Å². The number of halogens is 1. The Bertz CT molecular complexity index is 639. The van der Waals surface area contributed by atoms with Crippen LogP contribution in [0.15, 0.2) is 18.2 Å². The Morgan fingerprint density at radius 2 is 2.23 bits per heavy atom. The van der Waals surface area contributed by atoms with E-state index in [1.54, 1.807) is 6.07 Å². The van der Waals surface area contributed by atoms with Crippen LogP contribution in [0.3, 0.4) is 0 Å². The third kappa shape index (κ3) is 5.49. The number of carbonyl (C=O) groups is 1. The highest BCUT2D eigenvalue weighted by Crippen LogP contribution is 2.32. The summed E-state index contributed by atoms with van der Waals surface area (Å²) >= 11 is -1.26. The summed E-state index contributed by atoms with van der Waals surface area (Å²) in [7, 11) is 0. The minimum absolute atomic E-state index is 0.187. The number of hydrogen-bond donors (Lipinski definition) is 2. The number of benzene rings is 1. The molecule has 0 bridgehead atoms. The molecule has 1 aliphatic rings. The van der Waals surface area contributed by atoms with Gasteiger partial charge < -0.3 is 19.9 Å². The van der Waals surface area contributed by atoms with Crippen LogP contribution in [0.25, 0.3) is 0 Å². The summed E-state index contributed by atoms with van der Waals surface area (Å²) in [6.07, 6.45) is 0.0909. The molecule has 2 rings (SSSR count). The maximum absolute atomic E-state index is 13.9. The van der Waals surface area contributed by atoms with Crippen LogP contribution >= 0.6 is 0 Å². The number of amides is 1. The van der Waals surface area contributed by atoms with Crippen LogP contribution < -0.4 is 15.4 Å². The molecule has 146 valence electrons. The zero-order valence-electron chi connectivity index (χ0n) is 15.8. The summed E-state index contributed by atoms with van der Waals surface area (Å²) in [5, 5.41) is 0. The highest BCUT2D eigenvalue weighted by molar-refractivity contribution is 7.90. The Kier molecular flexibility index (Phi) is 6.76. The second-order valence-electron chi connectivity index (χ2n) is 7.65. The van der Waals surface area contributed by atoms with Crippen molar-refractivity contribution in [1.82, 2.24) is 4.72 Å². The third-order valence-corrected chi connectivity index (χ3v) is 6.06. The number of anilines is 1. The molecule has 0 spiro atoms. The summed E-state index contributed by atoms with van der Waals surface area (Å²) in [6.45, 7) is 9.30. The summed E-state index contributed by atoms with van der Waals surface area (Å²) in [4.78, 5) is 12.9. The molecular formula is C18H28FN3O3S. The van der Waals surface area contributed by atoms with E-state index in [0.29, 0.717) is 6.54 Å². The van der Waals surface area contributed by atoms with Gasteiger partial charge in [0.15, 0.2) is 0 Å². The minimum Gasteiger partial charge on any atom is -0.598 e. The van der Waals surface area contributed by atoms with Crippen LogP contribution in [0, 0.1) is 11.7 Å². The largest absolute Gasteiger partial charge is 0.598 e. The maximum atomic E-state index is 13.9. The number of carbonyl (C=O) groups excluding carboxylic acids is 1. The molecule has 1 amide bonds. The normalized spacial score (nSPS) is 20.1. The van der Waals surface area contributed by atoms with Gasteiger partial charge in [0.05, 0.1) is 12.6 Å². The Balaban J connectivity index is 2.14. The molecule has 0 aliphatic carbocycles. The van der Waals surface area contributed by atoms with Gasteiger partial charge in [-0.05, 0) is 57.9 Å². The van der Waals surface area contributed by atoms with Gasteiger partial charge >= 0.3 is 6.09 Å². The van der Waals surface area contributed by atoms with Crippen LogP contribution in [-0.2, 0) is 16.1 Å². The van der Waals surface area contributed by atoms with E-state index in [1.165, 1.54) is 12.1 Å². The first kappa shape index (κ1) is 20.8. The summed E-state index contributed by atoms with van der Waals surface area (Å²) in [5.41, 5.74) is 6.69. The number of rotatable bonds is 6. The molecule has 3 N–H and O–H groups in total. The van der Waals surface area contributed by atoms with Crippen molar-refractivity contribution in [2.24, 2.45) is 11.7 Å². The van der Waals surface area contributed by atoms with Gasteiger partial charge in [0.1, 0.15) is 10.6 Å². The van der Waals surface area contributed by atoms with E-state index in [0.717, 1.165) is 24.2 Å². The molecule has 0 radical (unpaired) electrons. The average molecular weight is 386 g/mol. The molecule has 8 heteroatoms. The summed E-state index contributed by atoms with van der Waals surface area (Å²) < 4.78 is 33.8. The van der Waals surface area contributed by atoms with Crippen LogP contribution in [0.5, 0.6) is 0 Å². The van der Waals surface area contributed by atoms with E-state index < -0.39 is 22.2 Å². The van der Waals surface area contributed by atoms with Crippen molar-refractivity contribution in [3.8, 4) is 0 Å². The lowest BCUT2D eigenvalue weighted by molar-refractivity contribution is 0.140. The first-order valence-electron chi connectivity index (χ1n) is 8.72. The van der Waals surface area contributed by atoms with Gasteiger partial charge in [-0.3, -0.25) is 0 Å². The lowest BCUT2D eigenvalue weighted by atomic mass is 10.1. The predicted molar refractivity (Wildman–Crippen MR) is 102 cm³/mol. The fraction of sp³-hybridized carbons (Fsp3) is 0.611. The minimum atomic E-state index is -1.26. The van der Waals surface area contributed by atoms with Gasteiger partial charge in [0, 0.05) is 36.1 Å². The van der Waals surface area contributed by atoms with E-state index in [1.807, 2.05) is 27.7 Å². The number of ether oxygens (including phenoxy) is 1. The van der Waals surface area contributed by atoms with Crippen LogP contribution in [-0.4, -0.2) is 35.1 Å². The Labute approximate surface area is 157 Å². The smallest absolute Gasteiger partial charge is 0.404 e. The Hall–Kier alpha value is -1.51. The van der Waals surface area contributed by atoms with Crippen molar-refractivity contribution in [1.29, 1.82) is 0 Å². The Morgan fingerprint density at radius 1 is 1.54 bits per heavy atom. The fourth-order valence-corrected chi connectivity index (χ4v) is 3.75. The number of nitrogens with zero attached hydrogens (tertiary/aromatic N) is 1. The maximum Gasteiger partial charge on any atom is 0.404 e. The van der Waals surface area contributed by atoms with Crippen molar-refractivity contribution < 1.29 is 18.5 Å². The first-order chi connectivity index (χ1) is 12.1. The monoisotopic (exact) mass is 385 g/mol. The molecule has 26 heavy (non-hydrogen) atoms. The summed E-state index contributed by atoms with van der Waals surface area (Å²) in [6, 6.07) is 4.39. The second-order valence-corrected chi connectivity index (χ2v) is 9.65.